The Labute approximate surface area is 142 Å². The maximum atomic E-state index is 12.7. The Balaban J connectivity index is 2.57. The van der Waals surface area contributed by atoms with Crippen LogP contribution in [-0.2, 0) is 12.6 Å². The molecular formula is C18H27AlF3N. The average molecular weight is 341 g/mol. The van der Waals surface area contributed by atoms with Crippen molar-refractivity contribution >= 4 is 20.6 Å². The van der Waals surface area contributed by atoms with Crippen molar-refractivity contribution < 1.29 is 13.2 Å². The molecule has 0 atom stereocenters. The molecule has 128 valence electrons. The van der Waals surface area contributed by atoms with Gasteiger partial charge in [0.25, 0.3) is 0 Å². The second-order valence-corrected chi connectivity index (χ2v) is 9.53. The predicted molar refractivity (Wildman–Crippen MR) is 93.3 cm³/mol. The molecular weight excluding hydrogens is 314 g/mol. The van der Waals surface area contributed by atoms with Crippen molar-refractivity contribution in [2.24, 2.45) is 15.8 Å². The fourth-order valence-corrected chi connectivity index (χ4v) is 5.72. The Hall–Kier alpha value is -0.788. The highest BCUT2D eigenvalue weighted by Crippen LogP contribution is 2.29. The quantitative estimate of drug-likeness (QED) is 0.405. The fourth-order valence-electron chi connectivity index (χ4n) is 2.66. The number of halogens is 3. The van der Waals surface area contributed by atoms with E-state index in [9.17, 15) is 13.2 Å². The molecule has 0 aliphatic carbocycles. The molecule has 0 spiro atoms. The zero-order valence-corrected chi connectivity index (χ0v) is 15.7. The summed E-state index contributed by atoms with van der Waals surface area (Å²) in [6.45, 7) is 8.88. The Morgan fingerprint density at radius 2 is 1.70 bits per heavy atom. The number of hydrogen-bond donors (Lipinski definition) is 0. The first-order valence-electron chi connectivity index (χ1n) is 8.36. The van der Waals surface area contributed by atoms with E-state index in [-0.39, 0.29) is 0 Å². The van der Waals surface area contributed by atoms with Gasteiger partial charge in [0.1, 0.15) is 0 Å². The molecule has 0 radical (unpaired) electrons. The third kappa shape index (κ3) is 8.58. The molecule has 0 unspecified atom stereocenters. The summed E-state index contributed by atoms with van der Waals surface area (Å²) in [5.74, 6) is 1.32. The van der Waals surface area contributed by atoms with E-state index in [2.05, 4.69) is 27.7 Å². The van der Waals surface area contributed by atoms with Crippen LogP contribution in [0.1, 0.15) is 45.2 Å². The highest BCUT2D eigenvalue weighted by molar-refractivity contribution is 6.58. The molecule has 0 heterocycles. The molecule has 0 saturated carbocycles. The fraction of sp³-hybridized carbons (Fsp3) is 0.611. The average Bonchev–Trinajstić information content (AvgIpc) is 2.41. The lowest BCUT2D eigenvalue weighted by Gasteiger charge is -2.11. The topological polar surface area (TPSA) is 12.4 Å². The number of nitrogens with zero attached hydrogens (tertiary/aromatic N) is 1. The maximum absolute atomic E-state index is 12.7. The van der Waals surface area contributed by atoms with E-state index in [4.69, 9.17) is 3.98 Å². The number of aryl methyl sites for hydroxylation is 1. The Morgan fingerprint density at radius 3 is 2.22 bits per heavy atom. The van der Waals surface area contributed by atoms with Crippen LogP contribution >= 0.6 is 0 Å². The van der Waals surface area contributed by atoms with E-state index in [1.165, 1.54) is 22.7 Å². The molecule has 1 aromatic rings. The summed E-state index contributed by atoms with van der Waals surface area (Å²) in [6, 6.07) is 5.58. The number of benzene rings is 1. The minimum absolute atomic E-state index is 0.571. The Morgan fingerprint density at radius 1 is 1.09 bits per heavy atom. The van der Waals surface area contributed by atoms with Gasteiger partial charge in [-0.3, -0.25) is 0 Å². The van der Waals surface area contributed by atoms with Gasteiger partial charge in [-0.2, -0.15) is 13.2 Å². The molecule has 0 amide bonds. The van der Waals surface area contributed by atoms with E-state index in [0.717, 1.165) is 11.6 Å². The van der Waals surface area contributed by atoms with Crippen LogP contribution in [0.2, 0.25) is 10.6 Å². The van der Waals surface area contributed by atoms with Gasteiger partial charge in [-0.05, 0) is 30.7 Å². The van der Waals surface area contributed by atoms with Gasteiger partial charge in [-0.1, -0.05) is 68.3 Å². The van der Waals surface area contributed by atoms with Gasteiger partial charge in [0.2, 0.25) is 0 Å². The lowest BCUT2D eigenvalue weighted by Crippen LogP contribution is -2.15. The van der Waals surface area contributed by atoms with Gasteiger partial charge in [0.15, 0.2) is 0 Å². The zero-order chi connectivity index (χ0) is 17.5. The third-order valence-corrected chi connectivity index (χ3v) is 7.23. The van der Waals surface area contributed by atoms with E-state index >= 15 is 0 Å². The third-order valence-electron chi connectivity index (χ3n) is 3.62. The van der Waals surface area contributed by atoms with Gasteiger partial charge in [0, 0.05) is 0 Å². The summed E-state index contributed by atoms with van der Waals surface area (Å²) >= 11 is -1.12. The standard InChI is InChI=1S/C10H9F3N.2C4H9.Al/c11-10(12,13)9-5-1-3-8(7-9)4-2-6-14;2*1-4(2)3;/h1,3,5-7H,2,4H2;2*4H,1H2,2-3H3;/q-1;;;+1. The molecule has 0 N–H and O–H groups in total. The van der Waals surface area contributed by atoms with Gasteiger partial charge < -0.3 is 3.98 Å². The SMILES string of the molecule is CC(C)[CH2][Al]([CH2]C(C)C)/[N]=C/CCc1cccc(C(F)(F)F)c1. The summed E-state index contributed by atoms with van der Waals surface area (Å²) in [6.07, 6.45) is -1.00. The van der Waals surface area contributed by atoms with Crippen LogP contribution in [-0.4, -0.2) is 20.6 Å². The molecule has 1 rings (SSSR count). The van der Waals surface area contributed by atoms with Crippen LogP contribution in [0, 0.1) is 11.8 Å². The van der Waals surface area contributed by atoms with Crippen molar-refractivity contribution in [2.45, 2.75) is 57.3 Å². The van der Waals surface area contributed by atoms with Crippen LogP contribution in [0.4, 0.5) is 13.2 Å². The van der Waals surface area contributed by atoms with Gasteiger partial charge in [-0.15, -0.1) is 0 Å². The van der Waals surface area contributed by atoms with Crippen molar-refractivity contribution in [3.63, 3.8) is 0 Å². The second kappa shape index (κ2) is 9.49. The van der Waals surface area contributed by atoms with Crippen molar-refractivity contribution in [1.29, 1.82) is 0 Å². The molecule has 0 saturated heterocycles. The van der Waals surface area contributed by atoms with Crippen LogP contribution in [0.5, 0.6) is 0 Å². The Bertz CT molecular complexity index is 485. The van der Waals surface area contributed by atoms with Crippen molar-refractivity contribution in [1.82, 2.24) is 0 Å². The van der Waals surface area contributed by atoms with E-state index in [1.807, 2.05) is 6.21 Å². The minimum atomic E-state index is -4.27. The molecule has 0 aliphatic heterocycles. The summed E-state index contributed by atoms with van der Waals surface area (Å²) in [4.78, 5) is 0. The molecule has 5 heteroatoms. The van der Waals surface area contributed by atoms with Crippen LogP contribution in [0.15, 0.2) is 28.2 Å². The largest absolute Gasteiger partial charge is 0.435 e. The highest BCUT2D eigenvalue weighted by atomic mass is 27.2. The molecule has 1 aromatic carbocycles. The highest BCUT2D eigenvalue weighted by Gasteiger charge is 2.30. The normalized spacial score (nSPS) is 12.6. The predicted octanol–water partition coefficient (Wildman–Crippen LogP) is 6.01. The van der Waals surface area contributed by atoms with Crippen LogP contribution in [0.25, 0.3) is 0 Å². The summed E-state index contributed by atoms with van der Waals surface area (Å²) in [5.41, 5.74) is 0.149. The molecule has 23 heavy (non-hydrogen) atoms. The summed E-state index contributed by atoms with van der Waals surface area (Å²) in [7, 11) is 0. The van der Waals surface area contributed by atoms with Crippen molar-refractivity contribution in [3.8, 4) is 0 Å². The van der Waals surface area contributed by atoms with E-state index in [1.54, 1.807) is 6.07 Å². The molecule has 0 aromatic heterocycles. The lowest BCUT2D eigenvalue weighted by atomic mass is 10.1. The van der Waals surface area contributed by atoms with E-state index < -0.39 is 26.1 Å². The lowest BCUT2D eigenvalue weighted by molar-refractivity contribution is -0.137. The summed E-state index contributed by atoms with van der Waals surface area (Å²) in [5, 5.41) is 2.39. The van der Waals surface area contributed by atoms with E-state index in [0.29, 0.717) is 24.7 Å². The first-order chi connectivity index (χ1) is 10.7. The van der Waals surface area contributed by atoms with Gasteiger partial charge in [-0.25, -0.2) is 0 Å². The smallest absolute Gasteiger partial charge is 0.409 e. The first kappa shape index (κ1) is 20.3. The second-order valence-electron chi connectivity index (χ2n) is 6.98. The van der Waals surface area contributed by atoms with Gasteiger partial charge in [0.05, 0.1) is 5.56 Å². The zero-order valence-electron chi connectivity index (χ0n) is 14.5. The number of rotatable bonds is 8. The van der Waals surface area contributed by atoms with Crippen molar-refractivity contribution in [3.05, 3.63) is 35.4 Å². The van der Waals surface area contributed by atoms with Crippen molar-refractivity contribution in [2.75, 3.05) is 0 Å². The number of hydrogen-bond acceptors (Lipinski definition) is 1. The molecule has 0 fully saturated rings. The van der Waals surface area contributed by atoms with Gasteiger partial charge >= 0.3 is 20.5 Å². The Kier molecular flexibility index (Phi) is 8.36. The number of alkyl halides is 3. The molecule has 1 nitrogen and oxygen atoms in total. The monoisotopic (exact) mass is 341 g/mol. The molecule has 0 bridgehead atoms. The maximum Gasteiger partial charge on any atom is 0.435 e. The summed E-state index contributed by atoms with van der Waals surface area (Å²) < 4.78 is 42.8. The minimum Gasteiger partial charge on any atom is -0.409 e. The van der Waals surface area contributed by atoms with Crippen LogP contribution < -0.4 is 0 Å². The molecule has 0 aliphatic rings. The first-order valence-corrected chi connectivity index (χ1v) is 10.5. The van der Waals surface area contributed by atoms with Crippen LogP contribution in [0.3, 0.4) is 0 Å².